The standard InChI is InChI=1S/C24H22FN3O4/c1-24(2,3)32-23(31)20-18-17(19-16-7-5-4-6-13(16)12-26-28(19)20)21(29)27(22(18)30)15-10-8-14(25)9-11-15/h4-12,17-20H,1-3H3. The van der Waals surface area contributed by atoms with Crippen molar-refractivity contribution in [3.63, 3.8) is 0 Å². The maximum Gasteiger partial charge on any atom is 0.331 e. The van der Waals surface area contributed by atoms with Crippen molar-refractivity contribution < 1.29 is 23.5 Å². The first-order valence-electron chi connectivity index (χ1n) is 10.4. The molecule has 0 aromatic heterocycles. The molecule has 0 N–H and O–H groups in total. The molecule has 0 saturated carbocycles. The minimum atomic E-state index is -1.05. The van der Waals surface area contributed by atoms with Crippen molar-refractivity contribution in [2.45, 2.75) is 38.5 Å². The van der Waals surface area contributed by atoms with Gasteiger partial charge in [-0.05, 0) is 56.2 Å². The lowest BCUT2D eigenvalue weighted by Gasteiger charge is -2.34. The molecule has 0 bridgehead atoms. The fraction of sp³-hybridized carbons (Fsp3) is 0.333. The third kappa shape index (κ3) is 3.01. The number of carbonyl (C=O) groups excluding carboxylic acids is 3. The van der Waals surface area contributed by atoms with E-state index in [-0.39, 0.29) is 5.69 Å². The van der Waals surface area contributed by atoms with E-state index < -0.39 is 53.1 Å². The maximum absolute atomic E-state index is 13.6. The van der Waals surface area contributed by atoms with Crippen LogP contribution in [0.4, 0.5) is 10.1 Å². The molecule has 164 valence electrons. The van der Waals surface area contributed by atoms with E-state index in [4.69, 9.17) is 4.74 Å². The Labute approximate surface area is 184 Å². The van der Waals surface area contributed by atoms with E-state index in [1.54, 1.807) is 32.0 Å². The highest BCUT2D eigenvalue weighted by molar-refractivity contribution is 6.23. The molecule has 4 atom stereocenters. The third-order valence-corrected chi connectivity index (χ3v) is 6.03. The first kappa shape index (κ1) is 20.4. The van der Waals surface area contributed by atoms with E-state index >= 15 is 0 Å². The maximum atomic E-state index is 13.6. The van der Waals surface area contributed by atoms with Crippen LogP contribution in [0.3, 0.4) is 0 Å². The average Bonchev–Trinajstić information content (AvgIpc) is 3.21. The number of hydrogen-bond acceptors (Lipinski definition) is 6. The number of rotatable bonds is 2. The zero-order valence-electron chi connectivity index (χ0n) is 17.9. The molecule has 4 unspecified atom stereocenters. The van der Waals surface area contributed by atoms with Gasteiger partial charge in [0.25, 0.3) is 0 Å². The normalized spacial score (nSPS) is 26.1. The second-order valence-electron chi connectivity index (χ2n) is 9.22. The average molecular weight is 435 g/mol. The molecular formula is C24H22FN3O4. The van der Waals surface area contributed by atoms with E-state index in [0.717, 1.165) is 16.0 Å². The van der Waals surface area contributed by atoms with Crippen molar-refractivity contribution in [1.82, 2.24) is 5.01 Å². The molecule has 3 aliphatic rings. The Hall–Kier alpha value is -3.55. The van der Waals surface area contributed by atoms with Gasteiger partial charge in [0.15, 0.2) is 6.04 Å². The molecule has 8 heteroatoms. The van der Waals surface area contributed by atoms with E-state index in [9.17, 15) is 18.8 Å². The molecule has 32 heavy (non-hydrogen) atoms. The van der Waals surface area contributed by atoms with Gasteiger partial charge in [0.1, 0.15) is 11.4 Å². The molecule has 0 spiro atoms. The summed E-state index contributed by atoms with van der Waals surface area (Å²) in [6.45, 7) is 5.24. The van der Waals surface area contributed by atoms with Crippen LogP contribution in [0.25, 0.3) is 0 Å². The van der Waals surface area contributed by atoms with E-state index in [2.05, 4.69) is 5.10 Å². The SMILES string of the molecule is CC(C)(C)OC(=O)C1C2C(=O)N(c3ccc(F)cc3)C(=O)C2C2c3ccccc3C=NN12. The molecule has 7 nitrogen and oxygen atoms in total. The second-order valence-corrected chi connectivity index (χ2v) is 9.22. The number of esters is 1. The first-order chi connectivity index (χ1) is 15.2. The topological polar surface area (TPSA) is 79.3 Å². The van der Waals surface area contributed by atoms with Crippen molar-refractivity contribution in [2.24, 2.45) is 16.9 Å². The zero-order chi connectivity index (χ0) is 22.8. The summed E-state index contributed by atoms with van der Waals surface area (Å²) in [5, 5.41) is 6.01. The Kier molecular flexibility index (Phi) is 4.44. The highest BCUT2D eigenvalue weighted by atomic mass is 19.1. The first-order valence-corrected chi connectivity index (χ1v) is 10.4. The lowest BCUT2D eigenvalue weighted by molar-refractivity contribution is -0.163. The number of hydrazone groups is 1. The van der Waals surface area contributed by atoms with Crippen LogP contribution in [0, 0.1) is 17.7 Å². The van der Waals surface area contributed by atoms with Crippen LogP contribution in [0.2, 0.25) is 0 Å². The summed E-state index contributed by atoms with van der Waals surface area (Å²) in [4.78, 5) is 41.4. The summed E-state index contributed by atoms with van der Waals surface area (Å²) in [7, 11) is 0. The summed E-state index contributed by atoms with van der Waals surface area (Å²) in [5.74, 6) is -3.79. The van der Waals surface area contributed by atoms with Gasteiger partial charge in [0.2, 0.25) is 11.8 Å². The lowest BCUT2D eigenvalue weighted by Crippen LogP contribution is -2.46. The Morgan fingerprint density at radius 1 is 1.00 bits per heavy atom. The van der Waals surface area contributed by atoms with Crippen molar-refractivity contribution >= 4 is 29.7 Å². The van der Waals surface area contributed by atoms with Gasteiger partial charge in [-0.25, -0.2) is 14.1 Å². The van der Waals surface area contributed by atoms with Crippen molar-refractivity contribution in [3.8, 4) is 0 Å². The fourth-order valence-electron chi connectivity index (χ4n) is 4.85. The van der Waals surface area contributed by atoms with Gasteiger partial charge in [0, 0.05) is 0 Å². The van der Waals surface area contributed by atoms with Gasteiger partial charge < -0.3 is 4.74 Å². The summed E-state index contributed by atoms with van der Waals surface area (Å²) in [6, 6.07) is 11.0. The van der Waals surface area contributed by atoms with Gasteiger partial charge in [-0.2, -0.15) is 5.10 Å². The summed E-state index contributed by atoms with van der Waals surface area (Å²) in [5.41, 5.74) is 1.16. The zero-order valence-corrected chi connectivity index (χ0v) is 17.9. The molecule has 0 radical (unpaired) electrons. The van der Waals surface area contributed by atoms with Crippen LogP contribution in [0.5, 0.6) is 0 Å². The van der Waals surface area contributed by atoms with Crippen LogP contribution >= 0.6 is 0 Å². The Bertz CT molecular complexity index is 1150. The molecule has 2 aromatic carbocycles. The van der Waals surface area contributed by atoms with Gasteiger partial charge in [-0.15, -0.1) is 0 Å². The summed E-state index contributed by atoms with van der Waals surface area (Å²) in [6.07, 6.45) is 1.64. The second kappa shape index (κ2) is 6.98. The molecule has 3 heterocycles. The van der Waals surface area contributed by atoms with E-state index in [1.165, 1.54) is 24.3 Å². The highest BCUT2D eigenvalue weighted by Gasteiger charge is 2.66. The van der Waals surface area contributed by atoms with Gasteiger partial charge in [-0.1, -0.05) is 24.3 Å². The third-order valence-electron chi connectivity index (χ3n) is 6.03. The molecule has 0 aliphatic carbocycles. The number of nitrogens with zero attached hydrogens (tertiary/aromatic N) is 3. The number of ether oxygens (including phenoxy) is 1. The van der Waals surface area contributed by atoms with Crippen molar-refractivity contribution in [2.75, 3.05) is 4.90 Å². The van der Waals surface area contributed by atoms with Gasteiger partial charge in [-0.3, -0.25) is 14.6 Å². The van der Waals surface area contributed by atoms with Crippen LogP contribution in [-0.4, -0.2) is 40.7 Å². The molecule has 2 amide bonds. The smallest absolute Gasteiger partial charge is 0.331 e. The number of halogens is 1. The van der Waals surface area contributed by atoms with Crippen LogP contribution in [-0.2, 0) is 19.1 Å². The molecule has 2 saturated heterocycles. The van der Waals surface area contributed by atoms with Gasteiger partial charge >= 0.3 is 5.97 Å². The highest BCUT2D eigenvalue weighted by Crippen LogP contribution is 2.52. The minimum Gasteiger partial charge on any atom is -0.458 e. The van der Waals surface area contributed by atoms with Crippen LogP contribution < -0.4 is 4.90 Å². The van der Waals surface area contributed by atoms with E-state index in [1.807, 2.05) is 24.3 Å². The predicted molar refractivity (Wildman–Crippen MR) is 114 cm³/mol. The van der Waals surface area contributed by atoms with Crippen LogP contribution in [0.1, 0.15) is 37.9 Å². The summed E-state index contributed by atoms with van der Waals surface area (Å²) < 4.78 is 19.1. The largest absolute Gasteiger partial charge is 0.458 e. The molecular weight excluding hydrogens is 413 g/mol. The van der Waals surface area contributed by atoms with Crippen molar-refractivity contribution in [3.05, 3.63) is 65.5 Å². The number of anilines is 1. The lowest BCUT2D eigenvalue weighted by atomic mass is 9.85. The van der Waals surface area contributed by atoms with Crippen LogP contribution in [0.15, 0.2) is 53.6 Å². The number of fused-ring (bicyclic) bond motifs is 5. The molecule has 2 fully saturated rings. The van der Waals surface area contributed by atoms with Crippen molar-refractivity contribution in [1.29, 1.82) is 0 Å². The predicted octanol–water partition coefficient (Wildman–Crippen LogP) is 3.05. The number of imide groups is 1. The Morgan fingerprint density at radius 2 is 1.66 bits per heavy atom. The molecule has 5 rings (SSSR count). The number of hydrogen-bond donors (Lipinski definition) is 0. The monoisotopic (exact) mass is 435 g/mol. The number of carbonyl (C=O) groups is 3. The fourth-order valence-corrected chi connectivity index (χ4v) is 4.85. The quantitative estimate of drug-likeness (QED) is 0.535. The molecule has 3 aliphatic heterocycles. The number of amides is 2. The minimum absolute atomic E-state index is 0.276. The Balaban J connectivity index is 1.62. The molecule has 2 aromatic rings. The Morgan fingerprint density at radius 3 is 2.34 bits per heavy atom. The summed E-state index contributed by atoms with van der Waals surface area (Å²) >= 11 is 0. The van der Waals surface area contributed by atoms with E-state index in [0.29, 0.717) is 0 Å². The van der Waals surface area contributed by atoms with Gasteiger partial charge in [0.05, 0.1) is 29.8 Å². The number of benzene rings is 2.